The van der Waals surface area contributed by atoms with Gasteiger partial charge in [-0.05, 0) is 68.5 Å². The summed E-state index contributed by atoms with van der Waals surface area (Å²) < 4.78 is 16.8. The third-order valence-electron chi connectivity index (χ3n) is 7.41. The van der Waals surface area contributed by atoms with Gasteiger partial charge in [0.15, 0.2) is 0 Å². The minimum atomic E-state index is -0.290. The number of para-hydroxylation sites is 1. The Bertz CT molecular complexity index is 1000. The predicted octanol–water partition coefficient (Wildman–Crippen LogP) is 5.34. The highest BCUT2D eigenvalue weighted by Crippen LogP contribution is 2.29. The molecule has 2 fully saturated rings. The van der Waals surface area contributed by atoms with Gasteiger partial charge in [-0.25, -0.2) is 0 Å². The van der Waals surface area contributed by atoms with E-state index in [0.717, 1.165) is 75.5 Å². The predicted molar refractivity (Wildman–Crippen MR) is 143 cm³/mol. The van der Waals surface area contributed by atoms with Crippen LogP contribution >= 0.6 is 23.2 Å². The van der Waals surface area contributed by atoms with Crippen LogP contribution in [0.1, 0.15) is 31.2 Å². The van der Waals surface area contributed by atoms with Gasteiger partial charge >= 0.3 is 5.97 Å². The Morgan fingerprint density at radius 2 is 1.69 bits per heavy atom. The summed E-state index contributed by atoms with van der Waals surface area (Å²) in [6.07, 6.45) is 4.97. The molecule has 1 unspecified atom stereocenters. The smallest absolute Gasteiger partial charge is 0.323 e. The highest BCUT2D eigenvalue weighted by atomic mass is 35.5. The molecule has 8 heteroatoms. The average molecular weight is 536 g/mol. The van der Waals surface area contributed by atoms with E-state index in [1.807, 2.05) is 30.3 Å². The van der Waals surface area contributed by atoms with Crippen molar-refractivity contribution in [2.75, 3.05) is 46.9 Å². The minimum Gasteiger partial charge on any atom is -0.496 e. The number of methoxy groups -OCH3 is 2. The van der Waals surface area contributed by atoms with E-state index >= 15 is 0 Å². The first-order valence-electron chi connectivity index (χ1n) is 12.7. The zero-order valence-corrected chi connectivity index (χ0v) is 22.6. The van der Waals surface area contributed by atoms with Gasteiger partial charge in [0.1, 0.15) is 23.6 Å². The molecule has 2 aliphatic heterocycles. The van der Waals surface area contributed by atoms with E-state index in [2.05, 4.69) is 9.80 Å². The van der Waals surface area contributed by atoms with Crippen molar-refractivity contribution in [3.05, 3.63) is 58.1 Å². The molecule has 0 spiro atoms. The molecule has 2 aromatic rings. The van der Waals surface area contributed by atoms with Crippen LogP contribution in [0.25, 0.3) is 0 Å². The molecule has 4 rings (SSSR count). The van der Waals surface area contributed by atoms with E-state index in [-0.39, 0.29) is 18.1 Å². The Hall–Kier alpha value is -1.99. The lowest BCUT2D eigenvalue weighted by Crippen LogP contribution is -2.49. The molecule has 2 heterocycles. The van der Waals surface area contributed by atoms with Crippen molar-refractivity contribution >= 4 is 29.2 Å². The number of carbonyl (C=O) groups is 1. The molecular weight excluding hydrogens is 499 g/mol. The molecule has 0 N–H and O–H groups in total. The number of rotatable bonds is 9. The zero-order valence-electron chi connectivity index (χ0n) is 21.1. The first kappa shape index (κ1) is 27.1. The van der Waals surface area contributed by atoms with Gasteiger partial charge in [0.25, 0.3) is 0 Å². The quantitative estimate of drug-likeness (QED) is 0.404. The maximum atomic E-state index is 12.7. The highest BCUT2D eigenvalue weighted by molar-refractivity contribution is 6.42. The van der Waals surface area contributed by atoms with E-state index in [9.17, 15) is 4.79 Å². The van der Waals surface area contributed by atoms with Gasteiger partial charge in [0, 0.05) is 32.1 Å². The van der Waals surface area contributed by atoms with Gasteiger partial charge in [-0.3, -0.25) is 9.69 Å². The van der Waals surface area contributed by atoms with Crippen LogP contribution in [0.3, 0.4) is 0 Å². The first-order chi connectivity index (χ1) is 17.5. The van der Waals surface area contributed by atoms with Crippen LogP contribution in [0.15, 0.2) is 42.5 Å². The molecule has 0 aliphatic carbocycles. The van der Waals surface area contributed by atoms with Crippen molar-refractivity contribution in [1.29, 1.82) is 0 Å². The number of carbonyl (C=O) groups excluding carboxylic acids is 1. The number of nitrogens with zero attached hydrogens (tertiary/aromatic N) is 2. The minimum absolute atomic E-state index is 0.177. The average Bonchev–Trinajstić information content (AvgIpc) is 2.91. The van der Waals surface area contributed by atoms with Crippen molar-refractivity contribution in [2.45, 2.75) is 44.2 Å². The van der Waals surface area contributed by atoms with Gasteiger partial charge in [-0.1, -0.05) is 41.4 Å². The lowest BCUT2D eigenvalue weighted by Gasteiger charge is -2.39. The summed E-state index contributed by atoms with van der Waals surface area (Å²) in [4.78, 5) is 17.5. The zero-order chi connectivity index (χ0) is 25.5. The van der Waals surface area contributed by atoms with Crippen molar-refractivity contribution in [1.82, 2.24) is 9.80 Å². The lowest BCUT2D eigenvalue weighted by atomic mass is 9.93. The van der Waals surface area contributed by atoms with E-state index in [1.165, 1.54) is 7.11 Å². The van der Waals surface area contributed by atoms with Crippen LogP contribution in [0.2, 0.25) is 10.0 Å². The van der Waals surface area contributed by atoms with Crippen molar-refractivity contribution in [3.8, 4) is 11.5 Å². The van der Waals surface area contributed by atoms with Crippen LogP contribution in [0.5, 0.6) is 11.5 Å². The highest BCUT2D eigenvalue weighted by Gasteiger charge is 2.32. The molecule has 0 amide bonds. The topological polar surface area (TPSA) is 51.2 Å². The lowest BCUT2D eigenvalue weighted by molar-refractivity contribution is -0.147. The van der Waals surface area contributed by atoms with Gasteiger partial charge in [0.2, 0.25) is 0 Å². The van der Waals surface area contributed by atoms with E-state index in [0.29, 0.717) is 22.4 Å². The Kier molecular flexibility index (Phi) is 9.77. The van der Waals surface area contributed by atoms with Gasteiger partial charge < -0.3 is 19.1 Å². The summed E-state index contributed by atoms with van der Waals surface area (Å²) in [6, 6.07) is 13.1. The Morgan fingerprint density at radius 3 is 2.36 bits per heavy atom. The number of likely N-dealkylation sites (tertiary alicyclic amines) is 2. The summed E-state index contributed by atoms with van der Waals surface area (Å²) in [5.74, 6) is 2.05. The third-order valence-corrected chi connectivity index (χ3v) is 8.15. The van der Waals surface area contributed by atoms with Crippen LogP contribution in [0, 0.1) is 5.92 Å². The number of ether oxygens (including phenoxy) is 3. The SMILES string of the molecule is COC(=O)C(Cc1ccccc1OC)N1CCC(CN2CCC(Oc3ccc(Cl)c(Cl)c3)CC2)CC1. The molecule has 2 saturated heterocycles. The van der Waals surface area contributed by atoms with Gasteiger partial charge in [-0.2, -0.15) is 0 Å². The van der Waals surface area contributed by atoms with Crippen molar-refractivity contribution < 1.29 is 19.0 Å². The normalized spacial score (nSPS) is 19.1. The fourth-order valence-corrected chi connectivity index (χ4v) is 5.63. The molecule has 196 valence electrons. The summed E-state index contributed by atoms with van der Waals surface area (Å²) in [6.45, 7) is 4.96. The molecule has 2 aliphatic rings. The second-order valence-electron chi connectivity index (χ2n) is 9.73. The van der Waals surface area contributed by atoms with Crippen molar-refractivity contribution in [2.24, 2.45) is 5.92 Å². The van der Waals surface area contributed by atoms with Crippen LogP contribution in [-0.2, 0) is 16.0 Å². The van der Waals surface area contributed by atoms with Crippen LogP contribution in [-0.4, -0.2) is 74.9 Å². The molecule has 0 radical (unpaired) electrons. The van der Waals surface area contributed by atoms with Gasteiger partial charge in [0.05, 0.1) is 24.3 Å². The van der Waals surface area contributed by atoms with Crippen LogP contribution < -0.4 is 9.47 Å². The maximum absolute atomic E-state index is 12.7. The van der Waals surface area contributed by atoms with Crippen LogP contribution in [0.4, 0.5) is 0 Å². The maximum Gasteiger partial charge on any atom is 0.323 e. The third kappa shape index (κ3) is 7.06. The standard InChI is InChI=1S/C28H36Cl2N2O4/c1-34-27-6-4-3-5-21(27)17-26(28(33)35-2)32-15-9-20(10-16-32)19-31-13-11-22(12-14-31)36-23-7-8-24(29)25(30)18-23/h3-8,18,20,22,26H,9-17,19H2,1-2H3. The number of benzene rings is 2. The molecule has 6 nitrogen and oxygen atoms in total. The molecule has 36 heavy (non-hydrogen) atoms. The number of esters is 1. The Labute approximate surface area is 224 Å². The largest absolute Gasteiger partial charge is 0.496 e. The Morgan fingerprint density at radius 1 is 0.972 bits per heavy atom. The molecule has 0 aromatic heterocycles. The van der Waals surface area contributed by atoms with E-state index in [4.69, 9.17) is 37.4 Å². The number of piperidine rings is 2. The second kappa shape index (κ2) is 13.0. The molecule has 0 saturated carbocycles. The second-order valence-corrected chi connectivity index (χ2v) is 10.5. The van der Waals surface area contributed by atoms with Crippen molar-refractivity contribution in [3.63, 3.8) is 0 Å². The number of hydrogen-bond donors (Lipinski definition) is 0. The van der Waals surface area contributed by atoms with Gasteiger partial charge in [-0.15, -0.1) is 0 Å². The first-order valence-corrected chi connectivity index (χ1v) is 13.5. The molecule has 1 atom stereocenters. The molecular formula is C28H36Cl2N2O4. The Balaban J connectivity index is 1.24. The number of halogens is 2. The fourth-order valence-electron chi connectivity index (χ4n) is 5.34. The van der Waals surface area contributed by atoms with E-state index in [1.54, 1.807) is 19.2 Å². The fraction of sp³-hybridized carbons (Fsp3) is 0.536. The summed E-state index contributed by atoms with van der Waals surface area (Å²) in [7, 11) is 3.14. The van der Waals surface area contributed by atoms with E-state index < -0.39 is 0 Å². The number of hydrogen-bond acceptors (Lipinski definition) is 6. The summed E-state index contributed by atoms with van der Waals surface area (Å²) >= 11 is 12.1. The summed E-state index contributed by atoms with van der Waals surface area (Å²) in [5, 5.41) is 1.07. The monoisotopic (exact) mass is 534 g/mol. The molecule has 0 bridgehead atoms. The summed E-state index contributed by atoms with van der Waals surface area (Å²) in [5.41, 5.74) is 1.03. The molecule has 2 aromatic carbocycles.